The molecule has 2 saturated heterocycles. The zero-order valence-electron chi connectivity index (χ0n) is 12.5. The number of hydrogen-bond donors (Lipinski definition) is 1. The molecule has 4 rings (SSSR count). The van der Waals surface area contributed by atoms with Crippen LogP contribution in [0.25, 0.3) is 0 Å². The molecule has 1 aliphatic carbocycles. The van der Waals surface area contributed by atoms with Crippen LogP contribution in [-0.2, 0) is 11.2 Å². The number of carbonyl (C=O) groups is 1. The second-order valence-corrected chi connectivity index (χ2v) is 7.69. The molecule has 3 heterocycles. The van der Waals surface area contributed by atoms with Crippen molar-refractivity contribution in [2.75, 3.05) is 13.1 Å². The molecule has 3 unspecified atom stereocenters. The Labute approximate surface area is 130 Å². The van der Waals surface area contributed by atoms with Crippen LogP contribution in [-0.4, -0.2) is 36.0 Å². The van der Waals surface area contributed by atoms with Crippen molar-refractivity contribution in [3.05, 3.63) is 21.9 Å². The number of amides is 1. The summed E-state index contributed by atoms with van der Waals surface area (Å²) in [5, 5.41) is 5.77. The van der Waals surface area contributed by atoms with Gasteiger partial charge >= 0.3 is 0 Å². The van der Waals surface area contributed by atoms with E-state index in [0.29, 0.717) is 18.0 Å². The average molecular weight is 304 g/mol. The van der Waals surface area contributed by atoms with Gasteiger partial charge in [-0.25, -0.2) is 0 Å². The number of likely N-dealkylation sites (tertiary alicyclic amines) is 1. The number of nitrogens with one attached hydrogen (secondary N) is 1. The quantitative estimate of drug-likeness (QED) is 0.911. The predicted molar refractivity (Wildman–Crippen MR) is 85.8 cm³/mol. The van der Waals surface area contributed by atoms with Crippen molar-refractivity contribution >= 4 is 17.2 Å². The van der Waals surface area contributed by atoms with Crippen LogP contribution in [0.2, 0.25) is 0 Å². The lowest BCUT2D eigenvalue weighted by Crippen LogP contribution is -2.48. The van der Waals surface area contributed by atoms with E-state index >= 15 is 0 Å². The van der Waals surface area contributed by atoms with Gasteiger partial charge in [0.1, 0.15) is 0 Å². The summed E-state index contributed by atoms with van der Waals surface area (Å²) in [6, 6.07) is 3.19. The molecule has 2 fully saturated rings. The van der Waals surface area contributed by atoms with Crippen molar-refractivity contribution < 1.29 is 4.79 Å². The van der Waals surface area contributed by atoms with Gasteiger partial charge in [0.2, 0.25) is 5.91 Å². The Hall–Kier alpha value is -0.870. The van der Waals surface area contributed by atoms with Gasteiger partial charge in [-0.3, -0.25) is 4.79 Å². The Balaban J connectivity index is 1.54. The molecule has 2 aliphatic heterocycles. The van der Waals surface area contributed by atoms with Gasteiger partial charge in [0.15, 0.2) is 0 Å². The van der Waals surface area contributed by atoms with E-state index in [1.165, 1.54) is 49.0 Å². The summed E-state index contributed by atoms with van der Waals surface area (Å²) in [7, 11) is 0. The highest BCUT2D eigenvalue weighted by molar-refractivity contribution is 7.10. The summed E-state index contributed by atoms with van der Waals surface area (Å²) in [6.45, 7) is 2.10. The molecule has 3 nitrogen and oxygen atoms in total. The Bertz CT molecular complexity index is 521. The van der Waals surface area contributed by atoms with Crippen LogP contribution >= 0.6 is 11.3 Å². The third-order valence-corrected chi connectivity index (χ3v) is 6.49. The summed E-state index contributed by atoms with van der Waals surface area (Å²) in [4.78, 5) is 16.8. The van der Waals surface area contributed by atoms with E-state index in [4.69, 9.17) is 0 Å². The average Bonchev–Trinajstić information content (AvgIpc) is 3.23. The van der Waals surface area contributed by atoms with Gasteiger partial charge in [0.25, 0.3) is 0 Å². The van der Waals surface area contributed by atoms with Crippen LogP contribution in [0.15, 0.2) is 11.4 Å². The molecule has 0 aromatic carbocycles. The maximum absolute atomic E-state index is 13.1. The molecule has 3 aliphatic rings. The fourth-order valence-electron chi connectivity index (χ4n) is 4.47. The van der Waals surface area contributed by atoms with Crippen molar-refractivity contribution in [3.63, 3.8) is 0 Å². The molecule has 1 aromatic heterocycles. The fraction of sp³-hybridized carbons (Fsp3) is 0.706. The second kappa shape index (κ2) is 5.73. The highest BCUT2D eigenvalue weighted by Gasteiger charge is 2.39. The Morgan fingerprint density at radius 1 is 1.24 bits per heavy atom. The van der Waals surface area contributed by atoms with Gasteiger partial charge < -0.3 is 10.2 Å². The first kappa shape index (κ1) is 13.8. The third-order valence-electron chi connectivity index (χ3n) is 5.50. The molecule has 3 atom stereocenters. The lowest BCUT2D eigenvalue weighted by atomic mass is 9.86. The van der Waals surface area contributed by atoms with Crippen LogP contribution in [0.1, 0.15) is 54.9 Å². The Kier molecular flexibility index (Phi) is 3.76. The monoisotopic (exact) mass is 304 g/mol. The van der Waals surface area contributed by atoms with E-state index in [2.05, 4.69) is 21.7 Å². The van der Waals surface area contributed by atoms with Crippen LogP contribution in [0.5, 0.6) is 0 Å². The Morgan fingerprint density at radius 3 is 3.05 bits per heavy atom. The minimum atomic E-state index is 0.141. The second-order valence-electron chi connectivity index (χ2n) is 6.69. The van der Waals surface area contributed by atoms with Crippen LogP contribution in [0, 0.1) is 0 Å². The van der Waals surface area contributed by atoms with Gasteiger partial charge in [-0.2, -0.15) is 0 Å². The minimum absolute atomic E-state index is 0.141. The molecule has 114 valence electrons. The van der Waals surface area contributed by atoms with Gasteiger partial charge in [0, 0.05) is 23.5 Å². The van der Waals surface area contributed by atoms with Crippen molar-refractivity contribution in [3.8, 4) is 0 Å². The highest BCUT2D eigenvalue weighted by Crippen LogP contribution is 2.38. The molecule has 4 heteroatoms. The van der Waals surface area contributed by atoms with E-state index in [0.717, 1.165) is 19.5 Å². The zero-order chi connectivity index (χ0) is 14.2. The molecule has 1 N–H and O–H groups in total. The molecule has 0 radical (unpaired) electrons. The lowest BCUT2D eigenvalue weighted by Gasteiger charge is -2.33. The summed E-state index contributed by atoms with van der Waals surface area (Å²) < 4.78 is 0. The first-order valence-corrected chi connectivity index (χ1v) is 9.32. The largest absolute Gasteiger partial charge is 0.338 e. The number of rotatable bonds is 2. The topological polar surface area (TPSA) is 32.3 Å². The number of fused-ring (bicyclic) bond motifs is 1. The molecule has 0 bridgehead atoms. The van der Waals surface area contributed by atoms with E-state index in [-0.39, 0.29) is 5.92 Å². The number of aryl methyl sites for hydroxylation is 1. The summed E-state index contributed by atoms with van der Waals surface area (Å²) in [6.07, 6.45) is 8.26. The van der Waals surface area contributed by atoms with Gasteiger partial charge in [-0.15, -0.1) is 11.3 Å². The van der Waals surface area contributed by atoms with Gasteiger partial charge in [-0.05, 0) is 68.5 Å². The van der Waals surface area contributed by atoms with Crippen LogP contribution in [0.4, 0.5) is 0 Å². The van der Waals surface area contributed by atoms with Crippen LogP contribution < -0.4 is 5.32 Å². The number of thiophene rings is 1. The Morgan fingerprint density at radius 2 is 2.19 bits per heavy atom. The standard InChI is InChI=1S/C17H24N2OS/c20-17(13-4-1-7-16-12(13)8-11-21-16)19-10-3-6-15(19)14-5-2-9-18-14/h8,11,13-15,18H,1-7,9-10H2. The van der Waals surface area contributed by atoms with E-state index in [1.54, 1.807) is 0 Å². The SMILES string of the molecule is O=C(C1CCCc2sccc21)N1CCCC1C1CCCN1. The molecule has 0 spiro atoms. The van der Waals surface area contributed by atoms with Gasteiger partial charge in [-0.1, -0.05) is 0 Å². The number of nitrogens with zero attached hydrogens (tertiary/aromatic N) is 1. The molecular formula is C17H24N2OS. The van der Waals surface area contributed by atoms with Crippen molar-refractivity contribution in [2.24, 2.45) is 0 Å². The maximum atomic E-state index is 13.1. The van der Waals surface area contributed by atoms with Crippen molar-refractivity contribution in [1.82, 2.24) is 10.2 Å². The molecule has 0 saturated carbocycles. The smallest absolute Gasteiger partial charge is 0.230 e. The predicted octanol–water partition coefficient (Wildman–Crippen LogP) is 2.91. The van der Waals surface area contributed by atoms with Crippen molar-refractivity contribution in [2.45, 2.75) is 62.9 Å². The van der Waals surface area contributed by atoms with Crippen LogP contribution in [0.3, 0.4) is 0 Å². The van der Waals surface area contributed by atoms with E-state index < -0.39 is 0 Å². The van der Waals surface area contributed by atoms with Gasteiger partial charge in [0.05, 0.1) is 5.92 Å². The first-order chi connectivity index (χ1) is 10.3. The number of hydrogen-bond acceptors (Lipinski definition) is 3. The highest BCUT2D eigenvalue weighted by atomic mass is 32.1. The zero-order valence-corrected chi connectivity index (χ0v) is 13.3. The number of carbonyl (C=O) groups excluding carboxylic acids is 1. The summed E-state index contributed by atoms with van der Waals surface area (Å²) in [5.74, 6) is 0.549. The van der Waals surface area contributed by atoms with E-state index in [1.807, 2.05) is 11.3 Å². The van der Waals surface area contributed by atoms with Crippen molar-refractivity contribution in [1.29, 1.82) is 0 Å². The molecule has 1 aromatic rings. The minimum Gasteiger partial charge on any atom is -0.338 e. The normalized spacial score (nSPS) is 32.4. The maximum Gasteiger partial charge on any atom is 0.230 e. The fourth-order valence-corrected chi connectivity index (χ4v) is 5.45. The summed E-state index contributed by atoms with van der Waals surface area (Å²) in [5.41, 5.74) is 1.33. The first-order valence-electron chi connectivity index (χ1n) is 8.45. The third kappa shape index (κ3) is 2.42. The summed E-state index contributed by atoms with van der Waals surface area (Å²) >= 11 is 1.83. The molecule has 1 amide bonds. The molecular weight excluding hydrogens is 280 g/mol. The molecule has 21 heavy (non-hydrogen) atoms. The lowest BCUT2D eigenvalue weighted by molar-refractivity contribution is -0.134. The van der Waals surface area contributed by atoms with E-state index in [9.17, 15) is 4.79 Å².